The minimum absolute atomic E-state index is 0.0834. The Morgan fingerprint density at radius 3 is 2.81 bits per heavy atom. The first-order valence-corrected chi connectivity index (χ1v) is 6.09. The minimum atomic E-state index is 0.0834. The molecule has 16 heavy (non-hydrogen) atoms. The highest BCUT2D eigenvalue weighted by atomic mass is 16.1. The molecule has 0 spiro atoms. The van der Waals surface area contributed by atoms with Crippen molar-refractivity contribution in [1.82, 2.24) is 9.78 Å². The van der Waals surface area contributed by atoms with Crippen molar-refractivity contribution in [3.8, 4) is 0 Å². The van der Waals surface area contributed by atoms with Crippen molar-refractivity contribution in [2.45, 2.75) is 52.5 Å². The molecule has 0 bridgehead atoms. The fourth-order valence-electron chi connectivity index (χ4n) is 1.47. The number of rotatable bonds is 7. The molecule has 1 rings (SSSR count). The van der Waals surface area contributed by atoms with E-state index in [9.17, 15) is 4.79 Å². The van der Waals surface area contributed by atoms with E-state index in [4.69, 9.17) is 0 Å². The van der Waals surface area contributed by atoms with Gasteiger partial charge in [0.05, 0.1) is 6.20 Å². The first-order valence-electron chi connectivity index (χ1n) is 6.09. The number of amides is 1. The van der Waals surface area contributed by atoms with E-state index in [0.29, 0.717) is 6.42 Å². The number of nitrogens with one attached hydrogen (secondary N) is 1. The van der Waals surface area contributed by atoms with Gasteiger partial charge in [0, 0.05) is 19.0 Å². The number of aryl methyl sites for hydroxylation is 1. The summed E-state index contributed by atoms with van der Waals surface area (Å²) in [5.41, 5.74) is 0. The van der Waals surface area contributed by atoms with Gasteiger partial charge < -0.3 is 5.32 Å². The molecule has 0 aromatic carbocycles. The number of carbonyl (C=O) groups is 1. The van der Waals surface area contributed by atoms with Gasteiger partial charge in [0.2, 0.25) is 5.91 Å². The molecule has 1 aromatic rings. The molecule has 1 heterocycles. The molecule has 0 unspecified atom stereocenters. The van der Waals surface area contributed by atoms with E-state index < -0.39 is 0 Å². The van der Waals surface area contributed by atoms with Gasteiger partial charge in [-0.2, -0.15) is 5.10 Å². The number of anilines is 1. The van der Waals surface area contributed by atoms with Gasteiger partial charge in [0.25, 0.3) is 0 Å². The third-order valence-electron chi connectivity index (χ3n) is 2.46. The fourth-order valence-corrected chi connectivity index (χ4v) is 1.47. The molecule has 1 N–H and O–H groups in total. The highest BCUT2D eigenvalue weighted by molar-refractivity contribution is 5.89. The number of hydrogen-bond donors (Lipinski definition) is 1. The Balaban J connectivity index is 2.46. The van der Waals surface area contributed by atoms with Crippen molar-refractivity contribution in [3.05, 3.63) is 12.3 Å². The summed E-state index contributed by atoms with van der Waals surface area (Å²) in [6.07, 6.45) is 6.51. The number of carbonyl (C=O) groups excluding carboxylic acids is 1. The van der Waals surface area contributed by atoms with Crippen molar-refractivity contribution in [2.24, 2.45) is 0 Å². The first-order chi connectivity index (χ1) is 7.77. The Morgan fingerprint density at radius 2 is 2.12 bits per heavy atom. The van der Waals surface area contributed by atoms with Gasteiger partial charge in [-0.1, -0.05) is 26.7 Å². The van der Waals surface area contributed by atoms with E-state index in [1.165, 1.54) is 0 Å². The Bertz CT molecular complexity index is 320. The molecule has 4 heteroatoms. The monoisotopic (exact) mass is 223 g/mol. The molecule has 0 fully saturated rings. The summed E-state index contributed by atoms with van der Waals surface area (Å²) < 4.78 is 1.85. The lowest BCUT2D eigenvalue weighted by atomic mass is 10.2. The quantitative estimate of drug-likeness (QED) is 0.772. The Kier molecular flexibility index (Phi) is 5.61. The maximum absolute atomic E-state index is 11.5. The molecule has 1 amide bonds. The first kappa shape index (κ1) is 12.7. The lowest BCUT2D eigenvalue weighted by molar-refractivity contribution is -0.116. The highest BCUT2D eigenvalue weighted by Gasteiger charge is 2.05. The van der Waals surface area contributed by atoms with Crippen LogP contribution in [0.3, 0.4) is 0 Å². The van der Waals surface area contributed by atoms with Crippen LogP contribution in [0.5, 0.6) is 0 Å². The van der Waals surface area contributed by atoms with Crippen LogP contribution in [0, 0.1) is 0 Å². The number of hydrogen-bond acceptors (Lipinski definition) is 2. The Labute approximate surface area is 97.0 Å². The van der Waals surface area contributed by atoms with Crippen molar-refractivity contribution < 1.29 is 4.79 Å². The zero-order valence-electron chi connectivity index (χ0n) is 10.2. The molecule has 4 nitrogen and oxygen atoms in total. The average Bonchev–Trinajstić information content (AvgIpc) is 2.71. The summed E-state index contributed by atoms with van der Waals surface area (Å²) >= 11 is 0. The van der Waals surface area contributed by atoms with Crippen LogP contribution in [0.2, 0.25) is 0 Å². The SMILES string of the molecule is CCCCC(=O)Nc1ccnn1CCCC. The standard InChI is InChI=1S/C12H21N3O/c1-3-5-7-12(16)14-11-8-9-13-15(11)10-6-4-2/h8-9H,3-7,10H2,1-2H3,(H,14,16). The van der Waals surface area contributed by atoms with E-state index in [0.717, 1.165) is 38.0 Å². The van der Waals surface area contributed by atoms with E-state index >= 15 is 0 Å². The zero-order chi connectivity index (χ0) is 11.8. The lowest BCUT2D eigenvalue weighted by Gasteiger charge is -2.08. The van der Waals surface area contributed by atoms with Crippen LogP contribution in [0.15, 0.2) is 12.3 Å². The van der Waals surface area contributed by atoms with Gasteiger partial charge in [-0.3, -0.25) is 4.79 Å². The van der Waals surface area contributed by atoms with Crippen LogP contribution >= 0.6 is 0 Å². The largest absolute Gasteiger partial charge is 0.311 e. The number of unbranched alkanes of at least 4 members (excludes halogenated alkanes) is 2. The van der Waals surface area contributed by atoms with Gasteiger partial charge in [0.1, 0.15) is 5.82 Å². The summed E-state index contributed by atoms with van der Waals surface area (Å²) in [6.45, 7) is 5.09. The van der Waals surface area contributed by atoms with Crippen LogP contribution in [-0.2, 0) is 11.3 Å². The molecule has 0 aliphatic heterocycles. The van der Waals surface area contributed by atoms with E-state index in [1.807, 2.05) is 10.7 Å². The summed E-state index contributed by atoms with van der Waals surface area (Å²) in [6, 6.07) is 1.85. The molecule has 0 aliphatic rings. The normalized spacial score (nSPS) is 10.4. The summed E-state index contributed by atoms with van der Waals surface area (Å²) in [7, 11) is 0. The van der Waals surface area contributed by atoms with Gasteiger partial charge in [-0.25, -0.2) is 4.68 Å². The van der Waals surface area contributed by atoms with E-state index in [-0.39, 0.29) is 5.91 Å². The van der Waals surface area contributed by atoms with Gasteiger partial charge in [0.15, 0.2) is 0 Å². The second-order valence-corrected chi connectivity index (χ2v) is 3.94. The number of nitrogens with zero attached hydrogens (tertiary/aromatic N) is 2. The smallest absolute Gasteiger partial charge is 0.225 e. The molecule has 0 atom stereocenters. The van der Waals surface area contributed by atoms with Crippen LogP contribution in [-0.4, -0.2) is 15.7 Å². The topological polar surface area (TPSA) is 46.9 Å². The third-order valence-corrected chi connectivity index (χ3v) is 2.46. The minimum Gasteiger partial charge on any atom is -0.311 e. The average molecular weight is 223 g/mol. The maximum atomic E-state index is 11.5. The van der Waals surface area contributed by atoms with Crippen molar-refractivity contribution in [3.63, 3.8) is 0 Å². The second-order valence-electron chi connectivity index (χ2n) is 3.94. The molecule has 1 aromatic heterocycles. The van der Waals surface area contributed by atoms with E-state index in [2.05, 4.69) is 24.3 Å². The lowest BCUT2D eigenvalue weighted by Crippen LogP contribution is -2.15. The Morgan fingerprint density at radius 1 is 1.38 bits per heavy atom. The molecule has 0 saturated carbocycles. The van der Waals surface area contributed by atoms with Crippen molar-refractivity contribution in [2.75, 3.05) is 5.32 Å². The van der Waals surface area contributed by atoms with Gasteiger partial charge >= 0.3 is 0 Å². The Hall–Kier alpha value is -1.32. The van der Waals surface area contributed by atoms with Crippen molar-refractivity contribution in [1.29, 1.82) is 0 Å². The summed E-state index contributed by atoms with van der Waals surface area (Å²) in [5.74, 6) is 0.898. The molecular formula is C12H21N3O. The van der Waals surface area contributed by atoms with Crippen LogP contribution in [0.25, 0.3) is 0 Å². The third kappa shape index (κ3) is 4.04. The molecule has 0 radical (unpaired) electrons. The predicted molar refractivity (Wildman–Crippen MR) is 65.3 cm³/mol. The highest BCUT2D eigenvalue weighted by Crippen LogP contribution is 2.09. The molecule has 0 aliphatic carbocycles. The van der Waals surface area contributed by atoms with Crippen LogP contribution in [0.1, 0.15) is 46.0 Å². The van der Waals surface area contributed by atoms with Crippen molar-refractivity contribution >= 4 is 11.7 Å². The second kappa shape index (κ2) is 7.04. The van der Waals surface area contributed by atoms with Gasteiger partial charge in [-0.15, -0.1) is 0 Å². The molecule has 0 saturated heterocycles. The van der Waals surface area contributed by atoms with E-state index in [1.54, 1.807) is 6.20 Å². The van der Waals surface area contributed by atoms with Crippen LogP contribution < -0.4 is 5.32 Å². The van der Waals surface area contributed by atoms with Crippen LogP contribution in [0.4, 0.5) is 5.82 Å². The zero-order valence-corrected chi connectivity index (χ0v) is 10.2. The summed E-state index contributed by atoms with van der Waals surface area (Å²) in [4.78, 5) is 11.5. The number of aromatic nitrogens is 2. The molecule has 90 valence electrons. The molecular weight excluding hydrogens is 202 g/mol. The van der Waals surface area contributed by atoms with Gasteiger partial charge in [-0.05, 0) is 12.8 Å². The fraction of sp³-hybridized carbons (Fsp3) is 0.667. The summed E-state index contributed by atoms with van der Waals surface area (Å²) in [5, 5.41) is 7.08. The predicted octanol–water partition coefficient (Wildman–Crippen LogP) is 2.81. The maximum Gasteiger partial charge on any atom is 0.225 e.